The van der Waals surface area contributed by atoms with Crippen LogP contribution in [0.2, 0.25) is 0 Å². The van der Waals surface area contributed by atoms with Crippen molar-refractivity contribution in [3.05, 3.63) is 0 Å². The summed E-state index contributed by atoms with van der Waals surface area (Å²) in [6.45, 7) is 2.06. The first-order valence-electron chi connectivity index (χ1n) is 5.06. The molecule has 1 aliphatic carbocycles. The van der Waals surface area contributed by atoms with Gasteiger partial charge in [-0.3, -0.25) is 5.41 Å². The molecule has 2 heteroatoms. The van der Waals surface area contributed by atoms with Crippen LogP contribution in [0.1, 0.15) is 45.4 Å². The van der Waals surface area contributed by atoms with E-state index in [2.05, 4.69) is 18.9 Å². The molecule has 70 valence electrons. The lowest BCUT2D eigenvalue weighted by molar-refractivity contribution is 0.274. The molecule has 0 amide bonds. The molecule has 1 saturated carbocycles. The Morgan fingerprint density at radius 3 is 2.42 bits per heavy atom. The fraction of sp³-hybridized carbons (Fsp3) is 0.900. The first-order valence-corrected chi connectivity index (χ1v) is 5.06. The van der Waals surface area contributed by atoms with Gasteiger partial charge < -0.3 is 4.90 Å². The molecule has 0 heterocycles. The highest BCUT2D eigenvalue weighted by Crippen LogP contribution is 2.21. The van der Waals surface area contributed by atoms with Crippen LogP contribution in [0.4, 0.5) is 0 Å². The first-order chi connectivity index (χ1) is 5.75. The van der Waals surface area contributed by atoms with Crippen LogP contribution in [-0.2, 0) is 0 Å². The van der Waals surface area contributed by atoms with E-state index < -0.39 is 0 Å². The SMILES string of the molecule is CCC(=N)N(C)C1CCCCC1. The van der Waals surface area contributed by atoms with Crippen LogP contribution in [0.3, 0.4) is 0 Å². The van der Waals surface area contributed by atoms with Gasteiger partial charge in [0.25, 0.3) is 0 Å². The highest BCUT2D eigenvalue weighted by molar-refractivity contribution is 5.78. The summed E-state index contributed by atoms with van der Waals surface area (Å²) in [5.41, 5.74) is 0. The van der Waals surface area contributed by atoms with E-state index in [0.29, 0.717) is 6.04 Å². The maximum atomic E-state index is 7.71. The number of nitrogens with one attached hydrogen (secondary N) is 1. The van der Waals surface area contributed by atoms with Crippen LogP contribution in [0.5, 0.6) is 0 Å². The molecule has 0 saturated heterocycles. The zero-order valence-corrected chi connectivity index (χ0v) is 8.27. The summed E-state index contributed by atoms with van der Waals surface area (Å²) in [7, 11) is 2.07. The Labute approximate surface area is 75.5 Å². The largest absolute Gasteiger partial charge is 0.361 e. The standard InChI is InChI=1S/C10H20N2/c1-3-10(11)12(2)9-7-5-4-6-8-9/h9,11H,3-8H2,1-2H3. The third kappa shape index (κ3) is 2.23. The van der Waals surface area contributed by atoms with Gasteiger partial charge in [-0.1, -0.05) is 26.2 Å². The van der Waals surface area contributed by atoms with E-state index in [0.717, 1.165) is 12.3 Å². The van der Waals surface area contributed by atoms with Crippen molar-refractivity contribution in [3.8, 4) is 0 Å². The van der Waals surface area contributed by atoms with Gasteiger partial charge in [-0.2, -0.15) is 0 Å². The van der Waals surface area contributed by atoms with Crippen molar-refractivity contribution in [3.63, 3.8) is 0 Å². The average Bonchev–Trinajstić information content (AvgIpc) is 2.17. The fourth-order valence-electron chi connectivity index (χ4n) is 1.94. The number of amidine groups is 1. The molecule has 12 heavy (non-hydrogen) atoms. The van der Waals surface area contributed by atoms with E-state index in [9.17, 15) is 0 Å². The van der Waals surface area contributed by atoms with Gasteiger partial charge >= 0.3 is 0 Å². The van der Waals surface area contributed by atoms with Gasteiger partial charge in [0.05, 0.1) is 5.84 Å². The van der Waals surface area contributed by atoms with Gasteiger partial charge in [0.15, 0.2) is 0 Å². The lowest BCUT2D eigenvalue weighted by Crippen LogP contribution is -2.37. The maximum Gasteiger partial charge on any atom is 0.0954 e. The van der Waals surface area contributed by atoms with Crippen molar-refractivity contribution >= 4 is 5.84 Å². The highest BCUT2D eigenvalue weighted by atomic mass is 15.2. The molecule has 0 bridgehead atoms. The minimum Gasteiger partial charge on any atom is -0.361 e. The van der Waals surface area contributed by atoms with E-state index in [4.69, 9.17) is 5.41 Å². The number of hydrogen-bond acceptors (Lipinski definition) is 1. The Hall–Kier alpha value is -0.530. The predicted octanol–water partition coefficient (Wildman–Crippen LogP) is 2.64. The molecule has 2 nitrogen and oxygen atoms in total. The van der Waals surface area contributed by atoms with E-state index in [-0.39, 0.29) is 0 Å². The first kappa shape index (κ1) is 9.56. The molecule has 1 rings (SSSR count). The molecule has 0 aromatic carbocycles. The quantitative estimate of drug-likeness (QED) is 0.498. The topological polar surface area (TPSA) is 27.1 Å². The summed E-state index contributed by atoms with van der Waals surface area (Å²) >= 11 is 0. The minimum atomic E-state index is 0.659. The zero-order chi connectivity index (χ0) is 8.97. The van der Waals surface area contributed by atoms with Crippen LogP contribution in [0, 0.1) is 5.41 Å². The van der Waals surface area contributed by atoms with Crippen LogP contribution in [0.25, 0.3) is 0 Å². The molecule has 1 N–H and O–H groups in total. The second kappa shape index (κ2) is 4.48. The molecule has 0 aromatic rings. The van der Waals surface area contributed by atoms with Crippen LogP contribution in [0.15, 0.2) is 0 Å². The van der Waals surface area contributed by atoms with E-state index in [1.54, 1.807) is 0 Å². The molecule has 0 aromatic heterocycles. The lowest BCUT2D eigenvalue weighted by atomic mass is 9.94. The second-order valence-electron chi connectivity index (χ2n) is 3.70. The highest BCUT2D eigenvalue weighted by Gasteiger charge is 2.18. The number of nitrogens with zero attached hydrogens (tertiary/aromatic N) is 1. The lowest BCUT2D eigenvalue weighted by Gasteiger charge is -2.32. The molecule has 0 radical (unpaired) electrons. The molecule has 1 fully saturated rings. The van der Waals surface area contributed by atoms with Crippen LogP contribution < -0.4 is 0 Å². The van der Waals surface area contributed by atoms with Gasteiger partial charge in [0.2, 0.25) is 0 Å². The van der Waals surface area contributed by atoms with Crippen molar-refractivity contribution in [1.82, 2.24) is 4.90 Å². The smallest absolute Gasteiger partial charge is 0.0954 e. The Kier molecular flexibility index (Phi) is 3.57. The normalized spacial score (nSPS) is 19.2. The molecule has 0 atom stereocenters. The molecule has 0 unspecified atom stereocenters. The van der Waals surface area contributed by atoms with Gasteiger partial charge in [-0.05, 0) is 12.8 Å². The summed E-state index contributed by atoms with van der Waals surface area (Å²) in [4.78, 5) is 2.17. The molecule has 0 aliphatic heterocycles. The van der Waals surface area contributed by atoms with Gasteiger partial charge in [-0.25, -0.2) is 0 Å². The van der Waals surface area contributed by atoms with Crippen molar-refractivity contribution in [2.45, 2.75) is 51.5 Å². The van der Waals surface area contributed by atoms with Crippen molar-refractivity contribution in [1.29, 1.82) is 5.41 Å². The molecule has 1 aliphatic rings. The monoisotopic (exact) mass is 168 g/mol. The fourth-order valence-corrected chi connectivity index (χ4v) is 1.94. The second-order valence-corrected chi connectivity index (χ2v) is 3.70. The summed E-state index contributed by atoms with van der Waals surface area (Å²) in [6.07, 6.45) is 7.55. The van der Waals surface area contributed by atoms with Gasteiger partial charge in [0, 0.05) is 19.5 Å². The molecular formula is C10H20N2. The van der Waals surface area contributed by atoms with E-state index in [1.165, 1.54) is 32.1 Å². The minimum absolute atomic E-state index is 0.659. The maximum absolute atomic E-state index is 7.71. The van der Waals surface area contributed by atoms with Crippen molar-refractivity contribution < 1.29 is 0 Å². The number of rotatable bonds is 2. The predicted molar refractivity (Wildman–Crippen MR) is 52.7 cm³/mol. The Balaban J connectivity index is 2.39. The summed E-state index contributed by atoms with van der Waals surface area (Å²) in [5.74, 6) is 0.793. The van der Waals surface area contributed by atoms with Gasteiger partial charge in [0.1, 0.15) is 0 Å². The van der Waals surface area contributed by atoms with Gasteiger partial charge in [-0.15, -0.1) is 0 Å². The van der Waals surface area contributed by atoms with Crippen LogP contribution in [-0.4, -0.2) is 23.8 Å². The van der Waals surface area contributed by atoms with Crippen LogP contribution >= 0.6 is 0 Å². The third-order valence-corrected chi connectivity index (χ3v) is 2.88. The molecular weight excluding hydrogens is 148 g/mol. The zero-order valence-electron chi connectivity index (χ0n) is 8.27. The summed E-state index contributed by atoms with van der Waals surface area (Å²) in [6, 6.07) is 0.659. The average molecular weight is 168 g/mol. The third-order valence-electron chi connectivity index (χ3n) is 2.88. The summed E-state index contributed by atoms with van der Waals surface area (Å²) < 4.78 is 0. The Morgan fingerprint density at radius 1 is 1.33 bits per heavy atom. The van der Waals surface area contributed by atoms with E-state index >= 15 is 0 Å². The van der Waals surface area contributed by atoms with Crippen molar-refractivity contribution in [2.75, 3.05) is 7.05 Å². The van der Waals surface area contributed by atoms with E-state index in [1.807, 2.05) is 0 Å². The Bertz CT molecular complexity index is 148. The number of hydrogen-bond donors (Lipinski definition) is 1. The van der Waals surface area contributed by atoms with Crippen molar-refractivity contribution in [2.24, 2.45) is 0 Å². The Morgan fingerprint density at radius 2 is 1.92 bits per heavy atom. The summed E-state index contributed by atoms with van der Waals surface area (Å²) in [5, 5.41) is 7.71. The molecule has 0 spiro atoms.